The monoisotopic (exact) mass is 427 g/mol. The molecular weight excluding hydrogens is 389 g/mol. The number of halogens is 2. The van der Waals surface area contributed by atoms with Crippen LogP contribution in [0.1, 0.15) is 84.0 Å². The van der Waals surface area contributed by atoms with Crippen LogP contribution < -0.4 is 22.1 Å². The summed E-state index contributed by atoms with van der Waals surface area (Å²) in [5.74, 6) is -0.775. The second kappa shape index (κ2) is 21.3. The van der Waals surface area contributed by atoms with Crippen molar-refractivity contribution in [3.63, 3.8) is 0 Å². The Kier molecular flexibility index (Phi) is 24.1. The van der Waals surface area contributed by atoms with Crippen molar-refractivity contribution in [2.24, 2.45) is 11.5 Å². The molecule has 0 fully saturated rings. The molecule has 0 saturated heterocycles. The number of carbonyl (C=O) groups excluding carboxylic acids is 2. The molecule has 0 aliphatic carbocycles. The minimum Gasteiger partial charge on any atom is -0.370 e. The normalized spacial score (nSPS) is 10.9. The van der Waals surface area contributed by atoms with E-state index < -0.39 is 11.9 Å². The number of imide groups is 1. The molecular formula is C18H39Cl2N5O2. The zero-order valence-corrected chi connectivity index (χ0v) is 18.2. The third kappa shape index (κ3) is 21.1. The molecule has 7 N–H and O–H groups in total. The maximum Gasteiger partial charge on any atom is 0.243 e. The van der Waals surface area contributed by atoms with Crippen LogP contribution >= 0.6 is 24.8 Å². The highest BCUT2D eigenvalue weighted by atomic mass is 35.5. The lowest BCUT2D eigenvalue weighted by molar-refractivity contribution is -0.131. The molecule has 162 valence electrons. The molecule has 0 spiro atoms. The van der Waals surface area contributed by atoms with Crippen molar-refractivity contribution in [1.29, 1.82) is 5.41 Å². The van der Waals surface area contributed by atoms with Gasteiger partial charge in [0.2, 0.25) is 11.8 Å². The van der Waals surface area contributed by atoms with Crippen LogP contribution in [0.2, 0.25) is 0 Å². The molecule has 1 atom stereocenters. The van der Waals surface area contributed by atoms with Crippen molar-refractivity contribution in [3.8, 4) is 0 Å². The number of rotatable bonds is 15. The van der Waals surface area contributed by atoms with Gasteiger partial charge in [-0.05, 0) is 19.3 Å². The summed E-state index contributed by atoms with van der Waals surface area (Å²) in [6, 6.07) is -0.708. The summed E-state index contributed by atoms with van der Waals surface area (Å²) < 4.78 is 0. The van der Waals surface area contributed by atoms with Gasteiger partial charge in [0.05, 0.1) is 6.04 Å². The highest BCUT2D eigenvalue weighted by molar-refractivity contribution is 5.97. The van der Waals surface area contributed by atoms with Gasteiger partial charge < -0.3 is 16.8 Å². The first-order valence-corrected chi connectivity index (χ1v) is 9.64. The predicted molar refractivity (Wildman–Crippen MR) is 117 cm³/mol. The zero-order chi connectivity index (χ0) is 18.9. The number of amides is 2. The fourth-order valence-corrected chi connectivity index (χ4v) is 2.56. The van der Waals surface area contributed by atoms with E-state index in [1.807, 2.05) is 0 Å². The predicted octanol–water partition coefficient (Wildman–Crippen LogP) is 2.98. The quantitative estimate of drug-likeness (QED) is 0.155. The summed E-state index contributed by atoms with van der Waals surface area (Å²) in [4.78, 5) is 23.5. The van der Waals surface area contributed by atoms with Gasteiger partial charge in [0.15, 0.2) is 5.96 Å². The van der Waals surface area contributed by atoms with Crippen molar-refractivity contribution < 1.29 is 9.59 Å². The largest absolute Gasteiger partial charge is 0.370 e. The van der Waals surface area contributed by atoms with Gasteiger partial charge in [-0.3, -0.25) is 20.3 Å². The van der Waals surface area contributed by atoms with E-state index in [2.05, 4.69) is 17.6 Å². The lowest BCUT2D eigenvalue weighted by Crippen LogP contribution is -2.43. The lowest BCUT2D eigenvalue weighted by Gasteiger charge is -2.11. The van der Waals surface area contributed by atoms with Gasteiger partial charge in [0.1, 0.15) is 0 Å². The fourth-order valence-electron chi connectivity index (χ4n) is 2.56. The van der Waals surface area contributed by atoms with Crippen LogP contribution in [0.15, 0.2) is 0 Å². The molecule has 27 heavy (non-hydrogen) atoms. The topological polar surface area (TPSA) is 134 Å². The van der Waals surface area contributed by atoms with Gasteiger partial charge >= 0.3 is 0 Å². The Morgan fingerprint density at radius 3 is 1.96 bits per heavy atom. The maximum absolute atomic E-state index is 11.8. The number of nitrogens with one attached hydrogen (secondary N) is 3. The van der Waals surface area contributed by atoms with Gasteiger partial charge in [-0.2, -0.15) is 0 Å². The average Bonchev–Trinajstić information content (AvgIpc) is 2.56. The number of guanidine groups is 1. The number of hydrogen-bond acceptors (Lipinski definition) is 4. The van der Waals surface area contributed by atoms with Crippen LogP contribution in [0.5, 0.6) is 0 Å². The zero-order valence-electron chi connectivity index (χ0n) is 16.6. The van der Waals surface area contributed by atoms with E-state index in [-0.39, 0.29) is 36.7 Å². The second-order valence-corrected chi connectivity index (χ2v) is 6.58. The fraction of sp³-hybridized carbons (Fsp3) is 0.833. The molecule has 0 aromatic carbocycles. The minimum atomic E-state index is -0.708. The molecule has 0 aliphatic heterocycles. The first-order valence-electron chi connectivity index (χ1n) is 9.64. The van der Waals surface area contributed by atoms with Crippen LogP contribution in [0.25, 0.3) is 0 Å². The summed E-state index contributed by atoms with van der Waals surface area (Å²) in [5.41, 5.74) is 10.9. The lowest BCUT2D eigenvalue weighted by atomic mass is 10.1. The molecule has 0 aromatic heterocycles. The van der Waals surface area contributed by atoms with Gasteiger partial charge in [0.25, 0.3) is 0 Å². The summed E-state index contributed by atoms with van der Waals surface area (Å²) in [6.45, 7) is 2.71. The van der Waals surface area contributed by atoms with Gasteiger partial charge in [0, 0.05) is 13.0 Å². The molecule has 0 bridgehead atoms. The molecule has 9 heteroatoms. The third-order valence-electron chi connectivity index (χ3n) is 4.11. The van der Waals surface area contributed by atoms with Gasteiger partial charge in [-0.1, -0.05) is 58.3 Å². The first-order chi connectivity index (χ1) is 12.0. The Morgan fingerprint density at radius 1 is 0.926 bits per heavy atom. The second-order valence-electron chi connectivity index (χ2n) is 6.58. The maximum atomic E-state index is 11.8. The number of carbonyl (C=O) groups is 2. The molecule has 0 saturated carbocycles. The number of hydrogen-bond donors (Lipinski definition) is 5. The SMILES string of the molecule is CCCCCCCCCCCC(=O)NC(=O)[C@@H](N)CCCNC(=N)N.Cl.Cl. The minimum absolute atomic E-state index is 0. The Labute approximate surface area is 176 Å². The summed E-state index contributed by atoms with van der Waals surface area (Å²) in [6.07, 6.45) is 12.1. The summed E-state index contributed by atoms with van der Waals surface area (Å²) >= 11 is 0. The van der Waals surface area contributed by atoms with E-state index in [4.69, 9.17) is 16.9 Å². The highest BCUT2D eigenvalue weighted by Crippen LogP contribution is 2.10. The molecule has 0 heterocycles. The van der Waals surface area contributed by atoms with E-state index in [9.17, 15) is 9.59 Å². The van der Waals surface area contributed by atoms with E-state index >= 15 is 0 Å². The van der Waals surface area contributed by atoms with E-state index in [0.717, 1.165) is 19.3 Å². The molecule has 0 unspecified atom stereocenters. The Bertz CT molecular complexity index is 398. The first kappa shape index (κ1) is 30.7. The molecule has 0 radical (unpaired) electrons. The highest BCUT2D eigenvalue weighted by Gasteiger charge is 2.15. The van der Waals surface area contributed by atoms with Crippen LogP contribution in [0.3, 0.4) is 0 Å². The molecule has 0 aromatic rings. The van der Waals surface area contributed by atoms with Gasteiger partial charge in [-0.15, -0.1) is 24.8 Å². The van der Waals surface area contributed by atoms with Crippen molar-refractivity contribution in [2.45, 2.75) is 90.0 Å². The van der Waals surface area contributed by atoms with Crippen molar-refractivity contribution in [3.05, 3.63) is 0 Å². The van der Waals surface area contributed by atoms with Crippen LogP contribution in [0, 0.1) is 5.41 Å². The molecule has 2 amide bonds. The van der Waals surface area contributed by atoms with Crippen molar-refractivity contribution in [2.75, 3.05) is 6.54 Å². The molecule has 0 rings (SSSR count). The molecule has 0 aliphatic rings. The summed E-state index contributed by atoms with van der Waals surface area (Å²) in [5, 5.41) is 12.0. The van der Waals surface area contributed by atoms with E-state index in [0.29, 0.717) is 25.8 Å². The van der Waals surface area contributed by atoms with E-state index in [1.54, 1.807) is 0 Å². The van der Waals surface area contributed by atoms with Gasteiger partial charge in [-0.25, -0.2) is 0 Å². The Morgan fingerprint density at radius 2 is 1.44 bits per heavy atom. The smallest absolute Gasteiger partial charge is 0.243 e. The van der Waals surface area contributed by atoms with E-state index in [1.165, 1.54) is 38.5 Å². The molecule has 7 nitrogen and oxygen atoms in total. The third-order valence-corrected chi connectivity index (χ3v) is 4.11. The summed E-state index contributed by atoms with van der Waals surface area (Å²) in [7, 11) is 0. The standard InChI is InChI=1S/C18H37N5O2.2ClH/c1-2-3-4-5-6-7-8-9-10-13-16(24)23-17(25)15(19)12-11-14-22-18(20)21;;/h15H,2-14,19H2,1H3,(H4,20,21,22)(H,23,24,25);2*1H/t15-;;/m0../s1. The number of unbranched alkanes of at least 4 members (excludes halogenated alkanes) is 8. The number of nitrogens with two attached hydrogens (primary N) is 2. The van der Waals surface area contributed by atoms with Crippen LogP contribution in [-0.4, -0.2) is 30.4 Å². The Hall–Kier alpha value is -1.05. The van der Waals surface area contributed by atoms with Crippen LogP contribution in [-0.2, 0) is 9.59 Å². The van der Waals surface area contributed by atoms with Crippen LogP contribution in [0.4, 0.5) is 0 Å². The Balaban J connectivity index is -0.00000288. The average molecular weight is 428 g/mol. The van der Waals surface area contributed by atoms with Crippen molar-refractivity contribution >= 4 is 42.6 Å². The van der Waals surface area contributed by atoms with Crippen molar-refractivity contribution in [1.82, 2.24) is 10.6 Å².